The molecule has 1 aliphatic heterocycles. The van der Waals surface area contributed by atoms with Gasteiger partial charge in [-0.2, -0.15) is 5.26 Å². The molecule has 0 radical (unpaired) electrons. The molecule has 1 heterocycles. The zero-order valence-electron chi connectivity index (χ0n) is 17.1. The third kappa shape index (κ3) is 5.90. The van der Waals surface area contributed by atoms with Crippen molar-refractivity contribution in [3.63, 3.8) is 0 Å². The molecule has 29 heavy (non-hydrogen) atoms. The summed E-state index contributed by atoms with van der Waals surface area (Å²) in [6.45, 7) is 7.95. The van der Waals surface area contributed by atoms with Crippen molar-refractivity contribution in [1.82, 2.24) is 15.1 Å². The number of rotatable bonds is 4. The molecule has 1 N–H and O–H groups in total. The van der Waals surface area contributed by atoms with Gasteiger partial charge >= 0.3 is 0 Å². The van der Waals surface area contributed by atoms with Crippen molar-refractivity contribution >= 4 is 17.6 Å². The van der Waals surface area contributed by atoms with Crippen molar-refractivity contribution in [3.05, 3.63) is 65.2 Å². The minimum Gasteiger partial charge on any atom is -0.340 e. The quantitative estimate of drug-likeness (QED) is 0.644. The van der Waals surface area contributed by atoms with Gasteiger partial charge in [-0.25, -0.2) is 4.99 Å². The summed E-state index contributed by atoms with van der Waals surface area (Å²) in [5, 5.41) is 11.8. The molecule has 0 spiro atoms. The lowest BCUT2D eigenvalue weighted by Gasteiger charge is -2.36. The molecule has 2 aromatic carbocycles. The normalized spacial score (nSPS) is 15.1. The van der Waals surface area contributed by atoms with E-state index in [9.17, 15) is 4.79 Å². The highest BCUT2D eigenvalue weighted by molar-refractivity contribution is 6.06. The number of hydrogen-bond acceptors (Lipinski definition) is 4. The van der Waals surface area contributed by atoms with E-state index in [-0.39, 0.29) is 5.91 Å². The van der Waals surface area contributed by atoms with E-state index >= 15 is 0 Å². The smallest absolute Gasteiger partial charge is 0.257 e. The highest BCUT2D eigenvalue weighted by Crippen LogP contribution is 2.14. The van der Waals surface area contributed by atoms with Gasteiger partial charge in [0.25, 0.3) is 5.91 Å². The molecule has 3 rings (SSSR count). The third-order valence-corrected chi connectivity index (χ3v) is 4.91. The highest BCUT2D eigenvalue weighted by atomic mass is 16.1. The fraction of sp³-hybridized carbons (Fsp3) is 0.348. The second-order valence-corrected chi connectivity index (χ2v) is 7.34. The van der Waals surface area contributed by atoms with Gasteiger partial charge in [0.1, 0.15) is 0 Å². The lowest BCUT2D eigenvalue weighted by atomic mass is 10.1. The van der Waals surface area contributed by atoms with Crippen molar-refractivity contribution in [1.29, 1.82) is 5.26 Å². The van der Waals surface area contributed by atoms with Gasteiger partial charge < -0.3 is 4.90 Å². The fourth-order valence-corrected chi connectivity index (χ4v) is 3.47. The Bertz CT molecular complexity index is 888. The molecule has 0 aromatic heterocycles. The average Bonchev–Trinajstić information content (AvgIpc) is 2.72. The maximum Gasteiger partial charge on any atom is 0.257 e. The second-order valence-electron chi connectivity index (χ2n) is 7.34. The molecule has 0 saturated carbocycles. The van der Waals surface area contributed by atoms with Crippen molar-refractivity contribution in [3.8, 4) is 6.07 Å². The van der Waals surface area contributed by atoms with Crippen LogP contribution in [0, 0.1) is 25.2 Å². The van der Waals surface area contributed by atoms with Crippen LogP contribution < -0.4 is 5.32 Å². The summed E-state index contributed by atoms with van der Waals surface area (Å²) in [4.78, 5) is 22.0. The fourth-order valence-electron chi connectivity index (χ4n) is 3.47. The summed E-state index contributed by atoms with van der Waals surface area (Å²) in [7, 11) is 0. The molecule has 0 aliphatic carbocycles. The Morgan fingerprint density at radius 3 is 2.34 bits per heavy atom. The number of nitrogens with one attached hydrogen (secondary N) is 1. The number of nitrogens with zero attached hydrogens (tertiary/aromatic N) is 4. The van der Waals surface area contributed by atoms with Gasteiger partial charge in [0.15, 0.2) is 0 Å². The largest absolute Gasteiger partial charge is 0.340 e. The number of amides is 1. The van der Waals surface area contributed by atoms with Crippen LogP contribution in [0.5, 0.6) is 0 Å². The molecule has 1 saturated heterocycles. The van der Waals surface area contributed by atoms with Gasteiger partial charge in [-0.3, -0.25) is 15.0 Å². The van der Waals surface area contributed by atoms with E-state index in [1.54, 1.807) is 0 Å². The van der Waals surface area contributed by atoms with Crippen LogP contribution in [0.3, 0.4) is 0 Å². The predicted octanol–water partition coefficient (Wildman–Crippen LogP) is 3.25. The van der Waals surface area contributed by atoms with Crippen LogP contribution in [0.25, 0.3) is 0 Å². The summed E-state index contributed by atoms with van der Waals surface area (Å²) in [6.07, 6.45) is 0.536. The molecule has 0 unspecified atom stereocenters. The maximum atomic E-state index is 12.9. The van der Waals surface area contributed by atoms with Crippen LogP contribution >= 0.6 is 0 Å². The van der Waals surface area contributed by atoms with E-state index in [0.29, 0.717) is 17.9 Å². The number of aryl methyl sites for hydroxylation is 2. The first kappa shape index (κ1) is 20.6. The van der Waals surface area contributed by atoms with E-state index in [1.165, 1.54) is 0 Å². The Morgan fingerprint density at radius 2 is 1.72 bits per heavy atom. The van der Waals surface area contributed by atoms with Crippen molar-refractivity contribution in [2.45, 2.75) is 20.3 Å². The van der Waals surface area contributed by atoms with Crippen molar-refractivity contribution in [2.75, 3.05) is 32.7 Å². The molecule has 2 aromatic rings. The summed E-state index contributed by atoms with van der Waals surface area (Å²) in [5.74, 6) is 0.415. The highest BCUT2D eigenvalue weighted by Gasteiger charge is 2.21. The standard InChI is InChI=1S/C23H27N5O/c1-18-15-19(2)17-20(16-18)22(29)26-23(25-21-7-4-3-5-8-21)28-13-11-27(12-14-28)10-6-9-24/h3-5,7-8,15-17H,6,10-14H2,1-2H3,(H,25,26,29). The van der Waals surface area contributed by atoms with Crippen LogP contribution in [0.15, 0.2) is 53.5 Å². The summed E-state index contributed by atoms with van der Waals surface area (Å²) in [5.41, 5.74) is 3.55. The molecule has 1 fully saturated rings. The minimum absolute atomic E-state index is 0.154. The SMILES string of the molecule is Cc1cc(C)cc(C(=O)NC(=Nc2ccccc2)N2CCN(CCC#N)CC2)c1. The van der Waals surface area contributed by atoms with Crippen molar-refractivity contribution < 1.29 is 4.79 Å². The van der Waals surface area contributed by atoms with E-state index in [0.717, 1.165) is 49.5 Å². The van der Waals surface area contributed by atoms with Gasteiger partial charge in [-0.05, 0) is 38.1 Å². The topological polar surface area (TPSA) is 71.7 Å². The average molecular weight is 390 g/mol. The number of nitriles is 1. The summed E-state index contributed by atoms with van der Waals surface area (Å²) >= 11 is 0. The van der Waals surface area contributed by atoms with Crippen LogP contribution in [0.1, 0.15) is 27.9 Å². The Labute approximate surface area is 172 Å². The molecule has 150 valence electrons. The first-order valence-electron chi connectivity index (χ1n) is 9.93. The third-order valence-electron chi connectivity index (χ3n) is 4.91. The van der Waals surface area contributed by atoms with E-state index in [2.05, 4.69) is 27.3 Å². The molecular weight excluding hydrogens is 362 g/mol. The first-order chi connectivity index (χ1) is 14.0. The van der Waals surface area contributed by atoms with Crippen LogP contribution in [0.4, 0.5) is 5.69 Å². The number of benzene rings is 2. The molecule has 6 nitrogen and oxygen atoms in total. The van der Waals surface area contributed by atoms with Gasteiger partial charge in [-0.15, -0.1) is 0 Å². The molecule has 0 bridgehead atoms. The number of para-hydroxylation sites is 1. The van der Waals surface area contributed by atoms with Crippen LogP contribution in [0.2, 0.25) is 0 Å². The van der Waals surface area contributed by atoms with Gasteiger partial charge in [-0.1, -0.05) is 35.4 Å². The van der Waals surface area contributed by atoms with Gasteiger partial charge in [0, 0.05) is 44.7 Å². The summed E-state index contributed by atoms with van der Waals surface area (Å²) < 4.78 is 0. The molecule has 1 aliphatic rings. The van der Waals surface area contributed by atoms with Crippen LogP contribution in [-0.2, 0) is 0 Å². The number of carbonyl (C=O) groups excluding carboxylic acids is 1. The molecule has 0 atom stereocenters. The molecule has 6 heteroatoms. The van der Waals surface area contributed by atoms with E-state index in [1.807, 2.05) is 56.3 Å². The zero-order valence-corrected chi connectivity index (χ0v) is 17.1. The lowest BCUT2D eigenvalue weighted by molar-refractivity contribution is 0.0968. The Hall–Kier alpha value is -3.17. The predicted molar refractivity (Wildman–Crippen MR) is 115 cm³/mol. The molecular formula is C23H27N5O. The lowest BCUT2D eigenvalue weighted by Crippen LogP contribution is -2.53. The number of carbonyl (C=O) groups is 1. The minimum atomic E-state index is -0.154. The Balaban J connectivity index is 1.78. The molecule has 1 amide bonds. The maximum absolute atomic E-state index is 12.9. The van der Waals surface area contributed by atoms with Crippen LogP contribution in [-0.4, -0.2) is 54.4 Å². The Morgan fingerprint density at radius 1 is 1.07 bits per heavy atom. The number of aliphatic imine (C=N–C) groups is 1. The van der Waals surface area contributed by atoms with E-state index in [4.69, 9.17) is 10.3 Å². The Kier molecular flexibility index (Phi) is 6.99. The zero-order chi connectivity index (χ0) is 20.6. The number of piperazine rings is 1. The summed E-state index contributed by atoms with van der Waals surface area (Å²) in [6, 6.07) is 17.7. The van der Waals surface area contributed by atoms with E-state index < -0.39 is 0 Å². The van der Waals surface area contributed by atoms with Gasteiger partial charge in [0.2, 0.25) is 5.96 Å². The van der Waals surface area contributed by atoms with Gasteiger partial charge in [0.05, 0.1) is 11.8 Å². The first-order valence-corrected chi connectivity index (χ1v) is 9.93. The monoisotopic (exact) mass is 389 g/mol. The number of guanidine groups is 1. The van der Waals surface area contributed by atoms with Crippen molar-refractivity contribution in [2.24, 2.45) is 4.99 Å². The number of hydrogen-bond donors (Lipinski definition) is 1. The second kappa shape index (κ2) is 9.85.